The molecule has 0 unspecified atom stereocenters. The molecule has 1 saturated carbocycles. The second-order valence-corrected chi connectivity index (χ2v) is 5.87. The van der Waals surface area contributed by atoms with E-state index in [1.165, 1.54) is 44.9 Å². The van der Waals surface area contributed by atoms with Crippen molar-refractivity contribution in [3.8, 4) is 0 Å². The molecule has 0 aromatic carbocycles. The van der Waals surface area contributed by atoms with Crippen LogP contribution in [0.25, 0.3) is 0 Å². The Morgan fingerprint density at radius 2 is 1.59 bits per heavy atom. The fourth-order valence-electron chi connectivity index (χ4n) is 3.21. The average molecular weight is 241 g/mol. The Kier molecular flexibility index (Phi) is 5.26. The number of hydrogen-bond donors (Lipinski definition) is 2. The average Bonchev–Trinajstić information content (AvgIpc) is 2.59. The van der Waals surface area contributed by atoms with Crippen LogP contribution in [0, 0.1) is 5.92 Å². The number of hydrogen-bond acceptors (Lipinski definition) is 3. The van der Waals surface area contributed by atoms with Crippen LogP contribution < -0.4 is 0 Å². The first kappa shape index (κ1) is 13.3. The van der Waals surface area contributed by atoms with E-state index in [0.29, 0.717) is 6.54 Å². The first-order valence-electron chi connectivity index (χ1n) is 7.34. The van der Waals surface area contributed by atoms with Gasteiger partial charge in [0.25, 0.3) is 0 Å². The van der Waals surface area contributed by atoms with Gasteiger partial charge in [-0.3, -0.25) is 0 Å². The van der Waals surface area contributed by atoms with Crippen LogP contribution in [0.3, 0.4) is 0 Å². The third-order valence-corrected chi connectivity index (χ3v) is 4.46. The summed E-state index contributed by atoms with van der Waals surface area (Å²) in [6.07, 6.45) is 9.45. The van der Waals surface area contributed by atoms with Crippen molar-refractivity contribution in [1.82, 2.24) is 4.90 Å². The Hall–Kier alpha value is -0.120. The number of aliphatic hydroxyl groups is 2. The van der Waals surface area contributed by atoms with E-state index in [2.05, 4.69) is 4.90 Å². The molecule has 3 nitrogen and oxygen atoms in total. The smallest absolute Gasteiger partial charge is 0.0926 e. The topological polar surface area (TPSA) is 43.7 Å². The zero-order valence-corrected chi connectivity index (χ0v) is 10.9. The van der Waals surface area contributed by atoms with E-state index in [-0.39, 0.29) is 0 Å². The number of piperidine rings is 1. The monoisotopic (exact) mass is 241 g/mol. The molecule has 0 amide bonds. The third-order valence-electron chi connectivity index (χ3n) is 4.46. The Bertz CT molecular complexity index is 214. The summed E-state index contributed by atoms with van der Waals surface area (Å²) in [5.74, 6) is 0.904. The first-order chi connectivity index (χ1) is 8.25. The molecule has 2 rings (SSSR count). The minimum absolute atomic E-state index is 0.496. The Morgan fingerprint density at radius 1 is 0.882 bits per heavy atom. The van der Waals surface area contributed by atoms with Gasteiger partial charge in [-0.15, -0.1) is 0 Å². The predicted octanol–water partition coefficient (Wildman–Crippen LogP) is 1.77. The van der Waals surface area contributed by atoms with Crippen LogP contribution in [-0.2, 0) is 0 Å². The number of nitrogens with zero attached hydrogens (tertiary/aromatic N) is 1. The molecular weight excluding hydrogens is 214 g/mol. The van der Waals surface area contributed by atoms with Crippen molar-refractivity contribution in [3.63, 3.8) is 0 Å². The molecule has 0 bridgehead atoms. The van der Waals surface area contributed by atoms with Gasteiger partial charge < -0.3 is 15.1 Å². The maximum atomic E-state index is 9.64. The second kappa shape index (κ2) is 6.72. The largest absolute Gasteiger partial charge is 0.390 e. The van der Waals surface area contributed by atoms with E-state index < -0.39 is 12.2 Å². The third kappa shape index (κ3) is 4.23. The highest BCUT2D eigenvalue weighted by Crippen LogP contribution is 2.26. The van der Waals surface area contributed by atoms with Crippen molar-refractivity contribution in [3.05, 3.63) is 0 Å². The van der Waals surface area contributed by atoms with Gasteiger partial charge in [-0.25, -0.2) is 0 Å². The lowest BCUT2D eigenvalue weighted by molar-refractivity contribution is -0.0393. The van der Waals surface area contributed by atoms with Gasteiger partial charge in [0, 0.05) is 13.1 Å². The zero-order valence-electron chi connectivity index (χ0n) is 10.9. The highest BCUT2D eigenvalue weighted by molar-refractivity contribution is 4.79. The minimum Gasteiger partial charge on any atom is -0.390 e. The lowest BCUT2D eigenvalue weighted by Crippen LogP contribution is -2.47. The van der Waals surface area contributed by atoms with Gasteiger partial charge in [0.05, 0.1) is 12.2 Å². The summed E-state index contributed by atoms with van der Waals surface area (Å²) in [6.45, 7) is 2.72. The summed E-state index contributed by atoms with van der Waals surface area (Å²) in [5, 5.41) is 19.1. The van der Waals surface area contributed by atoms with E-state index in [0.717, 1.165) is 25.4 Å². The van der Waals surface area contributed by atoms with E-state index in [9.17, 15) is 10.2 Å². The zero-order chi connectivity index (χ0) is 12.1. The van der Waals surface area contributed by atoms with Gasteiger partial charge in [0.1, 0.15) is 0 Å². The Morgan fingerprint density at radius 3 is 2.24 bits per heavy atom. The Balaban J connectivity index is 1.67. The minimum atomic E-state index is -0.530. The maximum absolute atomic E-state index is 9.64. The van der Waals surface area contributed by atoms with E-state index in [1.54, 1.807) is 0 Å². The molecule has 2 atom stereocenters. The van der Waals surface area contributed by atoms with Crippen LogP contribution in [0.1, 0.15) is 51.4 Å². The number of likely N-dealkylation sites (tertiary alicyclic amines) is 1. The summed E-state index contributed by atoms with van der Waals surface area (Å²) in [4.78, 5) is 2.32. The number of β-amino-alcohol motifs (C(OH)–C–C–N with tert-alkyl or cyclic N) is 1. The fourth-order valence-corrected chi connectivity index (χ4v) is 3.21. The molecule has 17 heavy (non-hydrogen) atoms. The van der Waals surface area contributed by atoms with Crippen molar-refractivity contribution < 1.29 is 10.2 Å². The van der Waals surface area contributed by atoms with Crippen LogP contribution in [0.2, 0.25) is 0 Å². The van der Waals surface area contributed by atoms with Gasteiger partial charge >= 0.3 is 0 Å². The summed E-state index contributed by atoms with van der Waals surface area (Å²) in [6, 6.07) is 0. The molecular formula is C14H27NO2. The molecule has 0 aromatic rings. The standard InChI is InChI=1S/C14H27NO2/c16-13-8-10-15(11-14(13)17)9-7-12-5-3-1-2-4-6-12/h12-14,16-17H,1-11H2/t13-,14+/m0/s1. The van der Waals surface area contributed by atoms with Crippen molar-refractivity contribution in [2.24, 2.45) is 5.92 Å². The summed E-state index contributed by atoms with van der Waals surface area (Å²) >= 11 is 0. The van der Waals surface area contributed by atoms with Crippen LogP contribution >= 0.6 is 0 Å². The van der Waals surface area contributed by atoms with Crippen LogP contribution in [0.15, 0.2) is 0 Å². The van der Waals surface area contributed by atoms with Crippen molar-refractivity contribution >= 4 is 0 Å². The van der Waals surface area contributed by atoms with Crippen LogP contribution in [0.5, 0.6) is 0 Å². The van der Waals surface area contributed by atoms with E-state index >= 15 is 0 Å². The van der Waals surface area contributed by atoms with Crippen LogP contribution in [-0.4, -0.2) is 47.0 Å². The highest BCUT2D eigenvalue weighted by Gasteiger charge is 2.25. The molecule has 1 saturated heterocycles. The fraction of sp³-hybridized carbons (Fsp3) is 1.00. The molecule has 1 heterocycles. The summed E-state index contributed by atoms with van der Waals surface area (Å²) in [7, 11) is 0. The predicted molar refractivity (Wildman–Crippen MR) is 68.9 cm³/mol. The Labute approximate surface area is 105 Å². The van der Waals surface area contributed by atoms with E-state index in [1.807, 2.05) is 0 Å². The molecule has 1 aliphatic heterocycles. The lowest BCUT2D eigenvalue weighted by atomic mass is 9.95. The van der Waals surface area contributed by atoms with Crippen molar-refractivity contribution in [1.29, 1.82) is 0 Å². The van der Waals surface area contributed by atoms with Gasteiger partial charge in [0.2, 0.25) is 0 Å². The molecule has 2 aliphatic rings. The van der Waals surface area contributed by atoms with E-state index in [4.69, 9.17) is 0 Å². The van der Waals surface area contributed by atoms with Gasteiger partial charge in [-0.05, 0) is 25.3 Å². The second-order valence-electron chi connectivity index (χ2n) is 5.87. The molecule has 100 valence electrons. The molecule has 3 heteroatoms. The van der Waals surface area contributed by atoms with Gasteiger partial charge in [0.15, 0.2) is 0 Å². The lowest BCUT2D eigenvalue weighted by Gasteiger charge is -2.34. The van der Waals surface area contributed by atoms with Crippen molar-refractivity contribution in [2.75, 3.05) is 19.6 Å². The molecule has 2 fully saturated rings. The van der Waals surface area contributed by atoms with Gasteiger partial charge in [-0.1, -0.05) is 38.5 Å². The maximum Gasteiger partial charge on any atom is 0.0926 e. The molecule has 2 N–H and O–H groups in total. The van der Waals surface area contributed by atoms with Crippen molar-refractivity contribution in [2.45, 2.75) is 63.6 Å². The summed E-state index contributed by atoms with van der Waals surface area (Å²) < 4.78 is 0. The summed E-state index contributed by atoms with van der Waals surface area (Å²) in [5.41, 5.74) is 0. The highest BCUT2D eigenvalue weighted by atomic mass is 16.3. The molecule has 0 aromatic heterocycles. The van der Waals surface area contributed by atoms with Crippen LogP contribution in [0.4, 0.5) is 0 Å². The SMILES string of the molecule is O[C@@H]1CN(CCC2CCCCCC2)CC[C@@H]1O. The molecule has 0 spiro atoms. The number of rotatable bonds is 3. The number of aliphatic hydroxyl groups excluding tert-OH is 2. The molecule has 1 aliphatic carbocycles. The molecule has 0 radical (unpaired) electrons. The van der Waals surface area contributed by atoms with Gasteiger partial charge in [-0.2, -0.15) is 0 Å². The normalized spacial score (nSPS) is 33.5. The first-order valence-corrected chi connectivity index (χ1v) is 7.34. The quantitative estimate of drug-likeness (QED) is 0.740.